The third-order valence-corrected chi connectivity index (χ3v) is 2.46. The van der Waals surface area contributed by atoms with E-state index in [9.17, 15) is 9.18 Å². The number of nitrogens with zero attached hydrogens (tertiary/aromatic N) is 1. The number of carbonyl (C=O) groups is 1. The SMILES string of the molecule is Cc1ccc(NC(=O)Cc2ccc(F)cc2)nc1. The number of rotatable bonds is 3. The zero-order valence-corrected chi connectivity index (χ0v) is 9.98. The van der Waals surface area contributed by atoms with E-state index >= 15 is 0 Å². The van der Waals surface area contributed by atoms with Crippen molar-refractivity contribution >= 4 is 11.7 Å². The molecule has 1 aromatic heterocycles. The quantitative estimate of drug-likeness (QED) is 0.902. The van der Waals surface area contributed by atoms with E-state index in [1.54, 1.807) is 24.4 Å². The van der Waals surface area contributed by atoms with Gasteiger partial charge in [-0.3, -0.25) is 4.79 Å². The molecule has 1 amide bonds. The zero-order chi connectivity index (χ0) is 13.0. The molecule has 0 bridgehead atoms. The van der Waals surface area contributed by atoms with Gasteiger partial charge in [0.25, 0.3) is 0 Å². The summed E-state index contributed by atoms with van der Waals surface area (Å²) in [5.41, 5.74) is 1.80. The number of hydrogen-bond acceptors (Lipinski definition) is 2. The van der Waals surface area contributed by atoms with Crippen LogP contribution in [0.15, 0.2) is 42.6 Å². The summed E-state index contributed by atoms with van der Waals surface area (Å²) in [6.07, 6.45) is 1.89. The summed E-state index contributed by atoms with van der Waals surface area (Å²) >= 11 is 0. The molecule has 0 spiro atoms. The number of aromatic nitrogens is 1. The number of anilines is 1. The monoisotopic (exact) mass is 244 g/mol. The van der Waals surface area contributed by atoms with Gasteiger partial charge in [0.2, 0.25) is 5.91 Å². The van der Waals surface area contributed by atoms with Gasteiger partial charge in [-0.25, -0.2) is 9.37 Å². The lowest BCUT2D eigenvalue weighted by molar-refractivity contribution is -0.115. The Balaban J connectivity index is 1.96. The van der Waals surface area contributed by atoms with Crippen molar-refractivity contribution in [1.29, 1.82) is 0 Å². The molecule has 0 aliphatic heterocycles. The molecule has 0 aliphatic carbocycles. The Kier molecular flexibility index (Phi) is 3.67. The first kappa shape index (κ1) is 12.2. The average Bonchev–Trinajstić information content (AvgIpc) is 2.35. The second-order valence-corrected chi connectivity index (χ2v) is 4.07. The van der Waals surface area contributed by atoms with Crippen LogP contribution in [0.5, 0.6) is 0 Å². The standard InChI is InChI=1S/C14H13FN2O/c1-10-2-7-13(16-9-10)17-14(18)8-11-3-5-12(15)6-4-11/h2-7,9H,8H2,1H3,(H,16,17,18). The first-order chi connectivity index (χ1) is 8.63. The smallest absolute Gasteiger partial charge is 0.229 e. The molecule has 0 atom stereocenters. The Morgan fingerprint density at radius 1 is 1.22 bits per heavy atom. The van der Waals surface area contributed by atoms with Crippen LogP contribution in [0.25, 0.3) is 0 Å². The molecular weight excluding hydrogens is 231 g/mol. The van der Waals surface area contributed by atoms with Crippen molar-refractivity contribution in [2.75, 3.05) is 5.32 Å². The van der Waals surface area contributed by atoms with Gasteiger partial charge in [-0.05, 0) is 36.2 Å². The van der Waals surface area contributed by atoms with Crippen LogP contribution in [-0.4, -0.2) is 10.9 Å². The molecule has 18 heavy (non-hydrogen) atoms. The Labute approximate surface area is 105 Å². The van der Waals surface area contributed by atoms with Crippen LogP contribution >= 0.6 is 0 Å². The van der Waals surface area contributed by atoms with Crippen molar-refractivity contribution in [2.24, 2.45) is 0 Å². The number of hydrogen-bond donors (Lipinski definition) is 1. The van der Waals surface area contributed by atoms with Gasteiger partial charge in [0, 0.05) is 6.20 Å². The third-order valence-electron chi connectivity index (χ3n) is 2.46. The van der Waals surface area contributed by atoms with Crippen molar-refractivity contribution in [3.8, 4) is 0 Å². The summed E-state index contributed by atoms with van der Waals surface area (Å²) in [7, 11) is 0. The summed E-state index contributed by atoms with van der Waals surface area (Å²) in [6, 6.07) is 9.49. The van der Waals surface area contributed by atoms with E-state index in [4.69, 9.17) is 0 Å². The summed E-state index contributed by atoms with van der Waals surface area (Å²) < 4.78 is 12.7. The topological polar surface area (TPSA) is 42.0 Å². The summed E-state index contributed by atoms with van der Waals surface area (Å²) in [4.78, 5) is 15.8. The van der Waals surface area contributed by atoms with Gasteiger partial charge in [-0.2, -0.15) is 0 Å². The normalized spacial score (nSPS) is 10.1. The Morgan fingerprint density at radius 3 is 2.56 bits per heavy atom. The minimum absolute atomic E-state index is 0.169. The Hall–Kier alpha value is -2.23. The largest absolute Gasteiger partial charge is 0.310 e. The molecule has 92 valence electrons. The number of pyridine rings is 1. The van der Waals surface area contributed by atoms with Crippen LogP contribution in [0.2, 0.25) is 0 Å². The molecular formula is C14H13FN2O. The lowest BCUT2D eigenvalue weighted by atomic mass is 10.1. The molecule has 1 N–H and O–H groups in total. The van der Waals surface area contributed by atoms with Crippen LogP contribution in [-0.2, 0) is 11.2 Å². The van der Waals surface area contributed by atoms with Gasteiger partial charge >= 0.3 is 0 Å². The second kappa shape index (κ2) is 5.40. The van der Waals surface area contributed by atoms with Crippen LogP contribution in [0.4, 0.5) is 10.2 Å². The number of benzene rings is 1. The summed E-state index contributed by atoms with van der Waals surface area (Å²) in [6.45, 7) is 1.93. The molecule has 0 fully saturated rings. The summed E-state index contributed by atoms with van der Waals surface area (Å²) in [5.74, 6) is 0.0463. The second-order valence-electron chi connectivity index (χ2n) is 4.07. The van der Waals surface area contributed by atoms with Crippen LogP contribution in [0, 0.1) is 12.7 Å². The molecule has 2 aromatic rings. The van der Waals surface area contributed by atoms with Crippen molar-refractivity contribution in [2.45, 2.75) is 13.3 Å². The number of halogens is 1. The Morgan fingerprint density at radius 2 is 1.94 bits per heavy atom. The zero-order valence-electron chi connectivity index (χ0n) is 9.98. The molecule has 2 rings (SSSR count). The van der Waals surface area contributed by atoms with E-state index < -0.39 is 0 Å². The van der Waals surface area contributed by atoms with Gasteiger partial charge in [-0.1, -0.05) is 18.2 Å². The number of aryl methyl sites for hydroxylation is 1. The van der Waals surface area contributed by atoms with Gasteiger partial charge in [0.05, 0.1) is 6.42 Å². The van der Waals surface area contributed by atoms with E-state index in [1.165, 1.54) is 12.1 Å². The van der Waals surface area contributed by atoms with E-state index in [0.29, 0.717) is 5.82 Å². The van der Waals surface area contributed by atoms with Gasteiger partial charge in [0.1, 0.15) is 11.6 Å². The highest BCUT2D eigenvalue weighted by atomic mass is 19.1. The maximum atomic E-state index is 12.7. The average molecular weight is 244 g/mol. The maximum Gasteiger partial charge on any atom is 0.229 e. The highest BCUT2D eigenvalue weighted by molar-refractivity contribution is 5.91. The molecule has 4 heteroatoms. The molecule has 0 saturated heterocycles. The lowest BCUT2D eigenvalue weighted by Crippen LogP contribution is -2.15. The first-order valence-electron chi connectivity index (χ1n) is 5.60. The molecule has 0 saturated carbocycles. The number of carbonyl (C=O) groups excluding carboxylic acids is 1. The minimum atomic E-state index is -0.306. The van der Waals surface area contributed by atoms with Crippen LogP contribution in [0.3, 0.4) is 0 Å². The lowest BCUT2D eigenvalue weighted by Gasteiger charge is -2.04. The van der Waals surface area contributed by atoms with Crippen molar-refractivity contribution < 1.29 is 9.18 Å². The number of nitrogens with one attached hydrogen (secondary N) is 1. The number of amides is 1. The fourth-order valence-corrected chi connectivity index (χ4v) is 1.52. The molecule has 0 aliphatic rings. The van der Waals surface area contributed by atoms with Crippen LogP contribution < -0.4 is 5.32 Å². The predicted molar refractivity (Wildman–Crippen MR) is 67.7 cm³/mol. The minimum Gasteiger partial charge on any atom is -0.310 e. The molecule has 0 unspecified atom stereocenters. The van der Waals surface area contributed by atoms with E-state index in [0.717, 1.165) is 11.1 Å². The fraction of sp³-hybridized carbons (Fsp3) is 0.143. The summed E-state index contributed by atoms with van der Waals surface area (Å²) in [5, 5.41) is 2.69. The third kappa shape index (κ3) is 3.38. The predicted octanol–water partition coefficient (Wildman–Crippen LogP) is 2.71. The van der Waals surface area contributed by atoms with Crippen molar-refractivity contribution in [3.05, 3.63) is 59.5 Å². The van der Waals surface area contributed by atoms with Gasteiger partial charge in [0.15, 0.2) is 0 Å². The first-order valence-corrected chi connectivity index (χ1v) is 5.60. The maximum absolute atomic E-state index is 12.7. The van der Waals surface area contributed by atoms with Crippen LogP contribution in [0.1, 0.15) is 11.1 Å². The highest BCUT2D eigenvalue weighted by Crippen LogP contribution is 2.07. The molecule has 1 heterocycles. The van der Waals surface area contributed by atoms with Gasteiger partial charge < -0.3 is 5.32 Å². The molecule has 3 nitrogen and oxygen atoms in total. The fourth-order valence-electron chi connectivity index (χ4n) is 1.52. The van der Waals surface area contributed by atoms with E-state index in [1.807, 2.05) is 13.0 Å². The van der Waals surface area contributed by atoms with Crippen molar-refractivity contribution in [3.63, 3.8) is 0 Å². The van der Waals surface area contributed by atoms with E-state index in [2.05, 4.69) is 10.3 Å². The molecule has 1 aromatic carbocycles. The van der Waals surface area contributed by atoms with Crippen molar-refractivity contribution in [1.82, 2.24) is 4.98 Å². The van der Waals surface area contributed by atoms with Gasteiger partial charge in [-0.15, -0.1) is 0 Å². The van der Waals surface area contributed by atoms with E-state index in [-0.39, 0.29) is 18.1 Å². The highest BCUT2D eigenvalue weighted by Gasteiger charge is 2.04. The molecule has 0 radical (unpaired) electrons. The Bertz CT molecular complexity index is 485.